The van der Waals surface area contributed by atoms with E-state index in [1.807, 2.05) is 11.8 Å². The summed E-state index contributed by atoms with van der Waals surface area (Å²) in [5.74, 6) is 0. The van der Waals surface area contributed by atoms with Crippen molar-refractivity contribution in [3.8, 4) is 27.9 Å². The van der Waals surface area contributed by atoms with E-state index in [-0.39, 0.29) is 0 Å². The van der Waals surface area contributed by atoms with Crippen molar-refractivity contribution in [1.82, 2.24) is 4.57 Å². The highest BCUT2D eigenvalue weighted by Gasteiger charge is 2.21. The van der Waals surface area contributed by atoms with Crippen LogP contribution < -0.4 is 0 Å². The highest BCUT2D eigenvalue weighted by molar-refractivity contribution is 7.99. The van der Waals surface area contributed by atoms with Crippen LogP contribution in [0.5, 0.6) is 0 Å². The molecule has 1 aliphatic rings. The van der Waals surface area contributed by atoms with Gasteiger partial charge in [0.15, 0.2) is 0 Å². The number of hydrogen-bond donors (Lipinski definition) is 0. The van der Waals surface area contributed by atoms with Crippen LogP contribution >= 0.6 is 11.8 Å². The molecule has 1 aromatic heterocycles. The summed E-state index contributed by atoms with van der Waals surface area (Å²) in [6, 6.07) is 51.1. The zero-order chi connectivity index (χ0) is 26.2. The van der Waals surface area contributed by atoms with E-state index in [0.717, 1.165) is 0 Å². The van der Waals surface area contributed by atoms with Crippen LogP contribution in [0.3, 0.4) is 0 Å². The molecule has 0 spiro atoms. The first-order chi connectivity index (χ1) is 19.9. The van der Waals surface area contributed by atoms with E-state index in [9.17, 15) is 0 Å². The Hall–Kier alpha value is -4.79. The molecule has 0 radical (unpaired) electrons. The van der Waals surface area contributed by atoms with Gasteiger partial charge in [0.2, 0.25) is 0 Å². The largest absolute Gasteiger partial charge is 0.309 e. The monoisotopic (exact) mass is 525 g/mol. The average molecular weight is 526 g/mol. The molecule has 0 fully saturated rings. The summed E-state index contributed by atoms with van der Waals surface area (Å²) < 4.78 is 2.40. The fraction of sp³-hybridized carbons (Fsp3) is 0. The SMILES string of the molecule is c1ccc(-n2c3ccccc3c3c4cccc(-c5ccc6c7c(cccc57)-c5ccccc5S6)c4ccc32)cc1. The first-order valence-electron chi connectivity index (χ1n) is 13.7. The Morgan fingerprint density at radius 2 is 1.05 bits per heavy atom. The highest BCUT2D eigenvalue weighted by Crippen LogP contribution is 2.50. The molecule has 2 heterocycles. The van der Waals surface area contributed by atoms with Gasteiger partial charge in [0.05, 0.1) is 11.0 Å². The lowest BCUT2D eigenvalue weighted by molar-refractivity contribution is 1.18. The molecule has 0 unspecified atom stereocenters. The zero-order valence-corrected chi connectivity index (χ0v) is 22.5. The summed E-state index contributed by atoms with van der Waals surface area (Å²) in [5.41, 5.74) is 8.89. The predicted molar refractivity (Wildman–Crippen MR) is 171 cm³/mol. The fourth-order valence-corrected chi connectivity index (χ4v) is 7.86. The van der Waals surface area contributed by atoms with E-state index in [1.165, 1.54) is 81.1 Å². The van der Waals surface area contributed by atoms with Gasteiger partial charge in [-0.2, -0.15) is 0 Å². The number of hydrogen-bond acceptors (Lipinski definition) is 1. The Bertz CT molecular complexity index is 2290. The maximum Gasteiger partial charge on any atom is 0.0547 e. The minimum Gasteiger partial charge on any atom is -0.309 e. The predicted octanol–water partition coefficient (Wildman–Crippen LogP) is 10.9. The van der Waals surface area contributed by atoms with Crippen LogP contribution in [-0.2, 0) is 0 Å². The normalized spacial score (nSPS) is 12.4. The molecule has 1 aliphatic heterocycles. The highest BCUT2D eigenvalue weighted by atomic mass is 32.2. The Morgan fingerprint density at radius 1 is 0.350 bits per heavy atom. The van der Waals surface area contributed by atoms with Crippen LogP contribution in [0, 0.1) is 0 Å². The van der Waals surface area contributed by atoms with Gasteiger partial charge in [-0.25, -0.2) is 0 Å². The molecular weight excluding hydrogens is 502 g/mol. The van der Waals surface area contributed by atoms with Crippen LogP contribution in [0.15, 0.2) is 149 Å². The molecular formula is C38H23NS. The molecule has 9 rings (SSSR count). The number of nitrogens with zero attached hydrogens (tertiary/aromatic N) is 1. The second-order valence-corrected chi connectivity index (χ2v) is 11.6. The molecule has 0 N–H and O–H groups in total. The minimum atomic E-state index is 1.19. The molecule has 186 valence electrons. The third-order valence-corrected chi connectivity index (χ3v) is 9.53. The Kier molecular flexibility index (Phi) is 4.61. The van der Waals surface area contributed by atoms with Gasteiger partial charge in [0.1, 0.15) is 0 Å². The van der Waals surface area contributed by atoms with E-state index >= 15 is 0 Å². The quantitative estimate of drug-likeness (QED) is 0.217. The van der Waals surface area contributed by atoms with Gasteiger partial charge >= 0.3 is 0 Å². The molecule has 8 aromatic rings. The standard InChI is InChI=1S/C38H23NS/c1-2-10-24(11-3-1)39-33-18-6-4-13-32(33)37-29-15-8-14-25(26(29)20-22-34(37)39)27-21-23-36-38-30(27)16-9-17-31(38)28-12-5-7-19-35(28)40-36/h1-23H. The molecule has 0 aliphatic carbocycles. The van der Waals surface area contributed by atoms with Crippen molar-refractivity contribution in [3.05, 3.63) is 140 Å². The summed E-state index contributed by atoms with van der Waals surface area (Å²) in [4.78, 5) is 2.67. The number of rotatable bonds is 2. The first kappa shape index (κ1) is 22.1. The third-order valence-electron chi connectivity index (χ3n) is 8.40. The van der Waals surface area contributed by atoms with Crippen LogP contribution in [0.1, 0.15) is 0 Å². The molecule has 2 heteroatoms. The lowest BCUT2D eigenvalue weighted by atomic mass is 9.90. The maximum absolute atomic E-state index is 2.40. The summed E-state index contributed by atoms with van der Waals surface area (Å²) in [7, 11) is 0. The average Bonchev–Trinajstić information content (AvgIpc) is 3.36. The molecule has 0 bridgehead atoms. The minimum absolute atomic E-state index is 1.19. The van der Waals surface area contributed by atoms with Gasteiger partial charge < -0.3 is 4.57 Å². The second kappa shape index (κ2) is 8.35. The van der Waals surface area contributed by atoms with Crippen molar-refractivity contribution in [2.45, 2.75) is 9.79 Å². The van der Waals surface area contributed by atoms with E-state index in [0.29, 0.717) is 0 Å². The second-order valence-electron chi connectivity index (χ2n) is 10.5. The van der Waals surface area contributed by atoms with E-state index in [1.54, 1.807) is 0 Å². The smallest absolute Gasteiger partial charge is 0.0547 e. The zero-order valence-electron chi connectivity index (χ0n) is 21.6. The van der Waals surface area contributed by atoms with Crippen molar-refractivity contribution < 1.29 is 0 Å². The van der Waals surface area contributed by atoms with Crippen LogP contribution in [0.4, 0.5) is 0 Å². The third kappa shape index (κ3) is 3.00. The number of para-hydroxylation sites is 2. The van der Waals surface area contributed by atoms with Crippen LogP contribution in [0.25, 0.3) is 71.3 Å². The first-order valence-corrected chi connectivity index (χ1v) is 14.5. The van der Waals surface area contributed by atoms with Gasteiger partial charge in [-0.3, -0.25) is 0 Å². The Labute approximate surface area is 236 Å². The molecule has 0 saturated carbocycles. The lowest BCUT2D eigenvalue weighted by Gasteiger charge is -2.22. The van der Waals surface area contributed by atoms with Gasteiger partial charge in [-0.1, -0.05) is 115 Å². The van der Waals surface area contributed by atoms with E-state index in [4.69, 9.17) is 0 Å². The Balaban J connectivity index is 1.36. The van der Waals surface area contributed by atoms with Gasteiger partial charge in [-0.05, 0) is 74.8 Å². The summed E-state index contributed by atoms with van der Waals surface area (Å²) >= 11 is 1.88. The Morgan fingerprint density at radius 3 is 1.98 bits per heavy atom. The van der Waals surface area contributed by atoms with Crippen molar-refractivity contribution in [2.24, 2.45) is 0 Å². The number of benzene rings is 7. The van der Waals surface area contributed by atoms with Crippen molar-refractivity contribution in [3.63, 3.8) is 0 Å². The molecule has 1 nitrogen and oxygen atoms in total. The molecule has 0 amide bonds. The number of fused-ring (bicyclic) bond motifs is 7. The molecule has 0 atom stereocenters. The summed E-state index contributed by atoms with van der Waals surface area (Å²) in [5, 5.41) is 7.86. The fourth-order valence-electron chi connectivity index (χ4n) is 6.73. The van der Waals surface area contributed by atoms with Gasteiger partial charge in [0.25, 0.3) is 0 Å². The summed E-state index contributed by atoms with van der Waals surface area (Å²) in [6.45, 7) is 0. The van der Waals surface area contributed by atoms with Crippen molar-refractivity contribution in [1.29, 1.82) is 0 Å². The topological polar surface area (TPSA) is 4.93 Å². The van der Waals surface area contributed by atoms with Gasteiger partial charge in [-0.15, -0.1) is 0 Å². The molecule has 0 saturated heterocycles. The van der Waals surface area contributed by atoms with Crippen LogP contribution in [-0.4, -0.2) is 4.57 Å². The molecule has 40 heavy (non-hydrogen) atoms. The van der Waals surface area contributed by atoms with Crippen LogP contribution in [0.2, 0.25) is 0 Å². The molecule has 7 aromatic carbocycles. The number of aromatic nitrogens is 1. The van der Waals surface area contributed by atoms with E-state index < -0.39 is 0 Å². The van der Waals surface area contributed by atoms with Gasteiger partial charge in [0, 0.05) is 31.6 Å². The lowest BCUT2D eigenvalue weighted by Crippen LogP contribution is -1.94. The summed E-state index contributed by atoms with van der Waals surface area (Å²) in [6.07, 6.45) is 0. The van der Waals surface area contributed by atoms with E-state index in [2.05, 4.69) is 144 Å². The van der Waals surface area contributed by atoms with Crippen molar-refractivity contribution in [2.75, 3.05) is 0 Å². The van der Waals surface area contributed by atoms with Crippen molar-refractivity contribution >= 4 is 55.1 Å². The maximum atomic E-state index is 2.40.